The molecule has 0 saturated heterocycles. The van der Waals surface area contributed by atoms with Gasteiger partial charge in [0.1, 0.15) is 7.40 Å². The summed E-state index contributed by atoms with van der Waals surface area (Å²) in [6, 6.07) is 0. The molecule has 0 radical (unpaired) electrons. The molecule has 0 atom stereocenters. The highest BCUT2D eigenvalue weighted by atomic mass is 127. The second-order valence-electron chi connectivity index (χ2n) is 2.24. The van der Waals surface area contributed by atoms with Crippen molar-refractivity contribution in [1.29, 1.82) is 0 Å². The van der Waals surface area contributed by atoms with E-state index in [-0.39, 0.29) is 0 Å². The zero-order chi connectivity index (χ0) is 9.14. The molecule has 2 N–H and O–H groups in total. The number of halogens is 2. The Kier molecular flexibility index (Phi) is 4.17. The predicted octanol–water partition coefficient (Wildman–Crippen LogP) is 1.77. The molecular formula is C6H7I2N3S. The Morgan fingerprint density at radius 2 is 2.33 bits per heavy atom. The smallest absolute Gasteiger partial charge is 0.132 e. The van der Waals surface area contributed by atoms with Crippen LogP contribution in [0.25, 0.3) is 0 Å². The summed E-state index contributed by atoms with van der Waals surface area (Å²) in [7, 11) is 0. The van der Waals surface area contributed by atoms with Crippen LogP contribution in [0.1, 0.15) is 6.42 Å². The van der Waals surface area contributed by atoms with Crippen LogP contribution in [0, 0.1) is 7.40 Å². The molecule has 0 amide bonds. The minimum absolute atomic E-state index is 0.550. The van der Waals surface area contributed by atoms with E-state index in [1.165, 1.54) is 0 Å². The molecule has 0 aromatic carbocycles. The van der Waals surface area contributed by atoms with Crippen LogP contribution in [0.3, 0.4) is 0 Å². The molecule has 0 unspecified atom stereocenters. The van der Waals surface area contributed by atoms with Gasteiger partial charge in [0.2, 0.25) is 0 Å². The first-order chi connectivity index (χ1) is 5.61. The fourth-order valence-corrected chi connectivity index (χ4v) is 1.76. The summed E-state index contributed by atoms with van der Waals surface area (Å²) in [5.74, 6) is 0. The summed E-state index contributed by atoms with van der Waals surface area (Å²) < 4.78 is 4.21. The number of nitrogens with zero attached hydrogens (tertiary/aromatic N) is 2. The number of hydrogen-bond donors (Lipinski definition) is 1. The van der Waals surface area contributed by atoms with Gasteiger partial charge in [0.15, 0.2) is 0 Å². The molecule has 1 heterocycles. The van der Waals surface area contributed by atoms with Crippen LogP contribution in [0.15, 0.2) is 6.33 Å². The van der Waals surface area contributed by atoms with E-state index < -0.39 is 0 Å². The Bertz CT molecular complexity index is 297. The monoisotopic (exact) mass is 407 g/mol. The largest absolute Gasteiger partial charge is 0.393 e. The summed E-state index contributed by atoms with van der Waals surface area (Å²) in [6.07, 6.45) is 2.54. The number of rotatable bonds is 3. The zero-order valence-electron chi connectivity index (χ0n) is 6.13. The van der Waals surface area contributed by atoms with E-state index in [9.17, 15) is 0 Å². The summed E-state index contributed by atoms with van der Waals surface area (Å²) in [5, 5.41) is 0. The van der Waals surface area contributed by atoms with E-state index in [2.05, 4.69) is 50.2 Å². The molecule has 0 fully saturated rings. The fourth-order valence-electron chi connectivity index (χ4n) is 0.729. The highest BCUT2D eigenvalue weighted by molar-refractivity contribution is 14.1. The molecular weight excluding hydrogens is 400 g/mol. The second-order valence-corrected chi connectivity index (χ2v) is 4.80. The van der Waals surface area contributed by atoms with Gasteiger partial charge in [-0.05, 0) is 45.2 Å². The Labute approximate surface area is 103 Å². The van der Waals surface area contributed by atoms with Gasteiger partial charge in [0.25, 0.3) is 0 Å². The van der Waals surface area contributed by atoms with E-state index in [0.29, 0.717) is 4.99 Å². The lowest BCUT2D eigenvalue weighted by Crippen LogP contribution is -2.12. The molecule has 12 heavy (non-hydrogen) atoms. The van der Waals surface area contributed by atoms with Crippen molar-refractivity contribution in [3.05, 3.63) is 13.7 Å². The van der Waals surface area contributed by atoms with E-state index in [4.69, 9.17) is 18.0 Å². The van der Waals surface area contributed by atoms with Crippen LogP contribution in [-0.2, 0) is 6.54 Å². The molecule has 0 aliphatic heterocycles. The Balaban J connectivity index is 2.63. The molecule has 6 heteroatoms. The molecule has 0 bridgehead atoms. The quantitative estimate of drug-likeness (QED) is 0.614. The standard InChI is InChI=1S/C6H7I2N3S/c7-5-6(8)11(3-10-5)2-1-4(9)12/h3H,1-2H2,(H2,9,12). The summed E-state index contributed by atoms with van der Waals surface area (Å²) in [5.41, 5.74) is 5.39. The van der Waals surface area contributed by atoms with Crippen LogP contribution >= 0.6 is 57.4 Å². The van der Waals surface area contributed by atoms with Gasteiger partial charge in [0, 0.05) is 13.0 Å². The highest BCUT2D eigenvalue weighted by Gasteiger charge is 2.03. The van der Waals surface area contributed by atoms with Crippen molar-refractivity contribution < 1.29 is 0 Å². The SMILES string of the molecule is NC(=S)CCn1cnc(I)c1I. The van der Waals surface area contributed by atoms with Crippen LogP contribution in [0.2, 0.25) is 0 Å². The summed E-state index contributed by atoms with van der Waals surface area (Å²) in [4.78, 5) is 4.70. The lowest BCUT2D eigenvalue weighted by atomic mass is 10.4. The van der Waals surface area contributed by atoms with Gasteiger partial charge >= 0.3 is 0 Å². The molecule has 1 rings (SSSR count). The number of aromatic nitrogens is 2. The van der Waals surface area contributed by atoms with Gasteiger partial charge in [-0.15, -0.1) is 0 Å². The maximum Gasteiger partial charge on any atom is 0.132 e. The van der Waals surface area contributed by atoms with E-state index in [1.807, 2.05) is 10.9 Å². The van der Waals surface area contributed by atoms with Gasteiger partial charge in [0.05, 0.1) is 11.3 Å². The van der Waals surface area contributed by atoms with Crippen molar-refractivity contribution in [1.82, 2.24) is 9.55 Å². The van der Waals surface area contributed by atoms with Gasteiger partial charge in [-0.1, -0.05) is 12.2 Å². The molecule has 3 nitrogen and oxygen atoms in total. The third-order valence-electron chi connectivity index (χ3n) is 1.33. The average molecular weight is 407 g/mol. The normalized spacial score (nSPS) is 10.2. The Hall–Kier alpha value is 0.560. The van der Waals surface area contributed by atoms with Gasteiger partial charge < -0.3 is 10.3 Å². The van der Waals surface area contributed by atoms with Crippen molar-refractivity contribution in [2.75, 3.05) is 0 Å². The molecule has 1 aromatic rings. The van der Waals surface area contributed by atoms with Crippen molar-refractivity contribution in [3.8, 4) is 0 Å². The molecule has 0 aliphatic rings. The Morgan fingerprint density at radius 3 is 2.75 bits per heavy atom. The molecule has 0 spiro atoms. The predicted molar refractivity (Wildman–Crippen MR) is 69.1 cm³/mol. The second kappa shape index (κ2) is 4.70. The first-order valence-electron chi connectivity index (χ1n) is 3.25. The topological polar surface area (TPSA) is 43.8 Å². The van der Waals surface area contributed by atoms with Crippen LogP contribution in [-0.4, -0.2) is 14.5 Å². The number of hydrogen-bond acceptors (Lipinski definition) is 2. The maximum atomic E-state index is 5.39. The van der Waals surface area contributed by atoms with Gasteiger partial charge in [-0.2, -0.15) is 0 Å². The summed E-state index contributed by atoms with van der Waals surface area (Å²) in [6.45, 7) is 0.823. The minimum Gasteiger partial charge on any atom is -0.393 e. The number of imidazole rings is 1. The molecule has 0 aliphatic carbocycles. The average Bonchev–Trinajstić information content (AvgIpc) is 2.30. The fraction of sp³-hybridized carbons (Fsp3) is 0.333. The van der Waals surface area contributed by atoms with Crippen molar-refractivity contribution in [3.63, 3.8) is 0 Å². The molecule has 66 valence electrons. The Morgan fingerprint density at radius 1 is 1.67 bits per heavy atom. The third-order valence-corrected chi connectivity index (χ3v) is 4.49. The first-order valence-corrected chi connectivity index (χ1v) is 5.82. The van der Waals surface area contributed by atoms with Crippen molar-refractivity contribution in [2.45, 2.75) is 13.0 Å². The van der Waals surface area contributed by atoms with Gasteiger partial charge in [-0.25, -0.2) is 4.98 Å². The van der Waals surface area contributed by atoms with Gasteiger partial charge in [-0.3, -0.25) is 0 Å². The number of aryl methyl sites for hydroxylation is 1. The first kappa shape index (κ1) is 10.6. The van der Waals surface area contributed by atoms with Crippen LogP contribution < -0.4 is 5.73 Å². The van der Waals surface area contributed by atoms with Crippen LogP contribution in [0.4, 0.5) is 0 Å². The van der Waals surface area contributed by atoms with E-state index in [0.717, 1.165) is 20.4 Å². The molecule has 0 saturated carbocycles. The van der Waals surface area contributed by atoms with Crippen molar-refractivity contribution in [2.24, 2.45) is 5.73 Å². The van der Waals surface area contributed by atoms with Crippen LogP contribution in [0.5, 0.6) is 0 Å². The number of nitrogens with two attached hydrogens (primary N) is 1. The lowest BCUT2D eigenvalue weighted by molar-refractivity contribution is 0.709. The third kappa shape index (κ3) is 2.80. The van der Waals surface area contributed by atoms with E-state index >= 15 is 0 Å². The lowest BCUT2D eigenvalue weighted by Gasteiger charge is -2.01. The zero-order valence-corrected chi connectivity index (χ0v) is 11.3. The summed E-state index contributed by atoms with van der Waals surface area (Å²) >= 11 is 9.24. The minimum atomic E-state index is 0.550. The van der Waals surface area contributed by atoms with Crippen molar-refractivity contribution >= 4 is 62.4 Å². The number of thiocarbonyl (C=S) groups is 1. The van der Waals surface area contributed by atoms with E-state index in [1.54, 1.807) is 0 Å². The highest BCUT2D eigenvalue weighted by Crippen LogP contribution is 2.13. The molecule has 1 aromatic heterocycles. The maximum absolute atomic E-state index is 5.39.